The van der Waals surface area contributed by atoms with Crippen molar-refractivity contribution in [1.29, 1.82) is 0 Å². The van der Waals surface area contributed by atoms with E-state index in [0.29, 0.717) is 11.1 Å². The van der Waals surface area contributed by atoms with Gasteiger partial charge in [0.2, 0.25) is 0 Å². The quantitative estimate of drug-likeness (QED) is 0.543. The van der Waals surface area contributed by atoms with Gasteiger partial charge in [0.05, 0.1) is 30.4 Å². The number of fused-ring (bicyclic) bond motifs is 1. The Labute approximate surface area is 154 Å². The largest absolute Gasteiger partial charge is 0.465 e. The van der Waals surface area contributed by atoms with Crippen molar-refractivity contribution in [3.8, 4) is 0 Å². The van der Waals surface area contributed by atoms with Crippen LogP contribution in [0.25, 0.3) is 0 Å². The second kappa shape index (κ2) is 7.86. The topological polar surface area (TPSA) is 103 Å². The van der Waals surface area contributed by atoms with Gasteiger partial charge in [0.25, 0.3) is 11.8 Å². The van der Waals surface area contributed by atoms with Crippen molar-refractivity contribution in [2.24, 2.45) is 0 Å². The van der Waals surface area contributed by atoms with Crippen LogP contribution in [0.15, 0.2) is 41.0 Å². The van der Waals surface area contributed by atoms with Gasteiger partial charge in [-0.25, -0.2) is 4.79 Å². The predicted octanol–water partition coefficient (Wildman–Crippen LogP) is 2.19. The second-order valence-electron chi connectivity index (χ2n) is 5.70. The number of imide groups is 1. The molecule has 8 heteroatoms. The van der Waals surface area contributed by atoms with Gasteiger partial charge in [-0.2, -0.15) is 0 Å². The van der Waals surface area contributed by atoms with E-state index in [1.165, 1.54) is 12.3 Å². The molecule has 1 aliphatic heterocycles. The number of amides is 2. The van der Waals surface area contributed by atoms with E-state index in [-0.39, 0.29) is 37.5 Å². The van der Waals surface area contributed by atoms with Crippen LogP contribution >= 0.6 is 0 Å². The first-order chi connectivity index (χ1) is 13.0. The molecular formula is C19H17NO7. The minimum absolute atomic E-state index is 0.0892. The SMILES string of the molecule is CCOC(=O)c1ccoc1COC(=O)CCN1C(=O)c2ccccc2C1=O. The summed E-state index contributed by atoms with van der Waals surface area (Å²) in [5, 5.41) is 0. The van der Waals surface area contributed by atoms with Crippen LogP contribution < -0.4 is 0 Å². The minimum Gasteiger partial charge on any atom is -0.465 e. The molecule has 2 amide bonds. The number of carbonyl (C=O) groups is 4. The highest BCUT2D eigenvalue weighted by Crippen LogP contribution is 2.22. The fourth-order valence-corrected chi connectivity index (χ4v) is 2.71. The van der Waals surface area contributed by atoms with Crippen LogP contribution in [0, 0.1) is 0 Å². The summed E-state index contributed by atoms with van der Waals surface area (Å²) in [5.74, 6) is -1.89. The Morgan fingerprint density at radius 1 is 1.04 bits per heavy atom. The van der Waals surface area contributed by atoms with Crippen LogP contribution in [0.4, 0.5) is 0 Å². The molecule has 1 aromatic heterocycles. The molecule has 0 N–H and O–H groups in total. The molecule has 2 heterocycles. The molecular weight excluding hydrogens is 354 g/mol. The van der Waals surface area contributed by atoms with E-state index in [1.54, 1.807) is 31.2 Å². The molecule has 0 aliphatic carbocycles. The third-order valence-corrected chi connectivity index (χ3v) is 4.02. The van der Waals surface area contributed by atoms with E-state index in [0.717, 1.165) is 4.90 Å². The molecule has 1 aliphatic rings. The molecule has 0 radical (unpaired) electrons. The molecule has 0 atom stereocenters. The number of nitrogens with zero attached hydrogens (tertiary/aromatic N) is 1. The van der Waals surface area contributed by atoms with Gasteiger partial charge < -0.3 is 13.9 Å². The lowest BCUT2D eigenvalue weighted by atomic mass is 10.1. The molecule has 140 valence electrons. The van der Waals surface area contributed by atoms with Gasteiger partial charge in [-0.1, -0.05) is 12.1 Å². The first-order valence-electron chi connectivity index (χ1n) is 8.37. The summed E-state index contributed by atoms with van der Waals surface area (Å²) >= 11 is 0. The lowest BCUT2D eigenvalue weighted by molar-refractivity contribution is -0.145. The van der Waals surface area contributed by atoms with Crippen LogP contribution in [0.5, 0.6) is 0 Å². The fourth-order valence-electron chi connectivity index (χ4n) is 2.71. The number of ether oxygens (including phenoxy) is 2. The van der Waals surface area contributed by atoms with Crippen LogP contribution in [0.1, 0.15) is 50.2 Å². The van der Waals surface area contributed by atoms with Gasteiger partial charge in [-0.15, -0.1) is 0 Å². The van der Waals surface area contributed by atoms with Gasteiger partial charge >= 0.3 is 11.9 Å². The average molecular weight is 371 g/mol. The number of carbonyl (C=O) groups excluding carboxylic acids is 4. The van der Waals surface area contributed by atoms with E-state index >= 15 is 0 Å². The molecule has 27 heavy (non-hydrogen) atoms. The zero-order valence-electron chi connectivity index (χ0n) is 14.6. The maximum absolute atomic E-state index is 12.2. The van der Waals surface area contributed by atoms with Gasteiger partial charge in [0, 0.05) is 6.54 Å². The standard InChI is InChI=1S/C19H17NO7/c1-2-25-19(24)14-8-10-26-15(14)11-27-16(21)7-9-20-17(22)12-5-3-4-6-13(12)18(20)23/h3-6,8,10H,2,7,9,11H2,1H3. The Kier molecular flexibility index (Phi) is 5.35. The number of esters is 2. The average Bonchev–Trinajstić information content (AvgIpc) is 3.23. The van der Waals surface area contributed by atoms with Gasteiger partial charge in [-0.05, 0) is 25.1 Å². The van der Waals surface area contributed by atoms with Crippen molar-refractivity contribution in [1.82, 2.24) is 4.90 Å². The molecule has 2 aromatic rings. The number of hydrogen-bond acceptors (Lipinski definition) is 7. The highest BCUT2D eigenvalue weighted by atomic mass is 16.5. The maximum Gasteiger partial charge on any atom is 0.341 e. The van der Waals surface area contributed by atoms with E-state index in [2.05, 4.69) is 0 Å². The summed E-state index contributed by atoms with van der Waals surface area (Å²) in [6.45, 7) is 1.55. The number of hydrogen-bond donors (Lipinski definition) is 0. The molecule has 0 bridgehead atoms. The highest BCUT2D eigenvalue weighted by Gasteiger charge is 2.35. The van der Waals surface area contributed by atoms with E-state index in [9.17, 15) is 19.2 Å². The van der Waals surface area contributed by atoms with Crippen LogP contribution in [-0.2, 0) is 20.9 Å². The normalized spacial score (nSPS) is 12.9. The van der Waals surface area contributed by atoms with Gasteiger partial charge in [0.15, 0.2) is 5.76 Å². The summed E-state index contributed by atoms with van der Waals surface area (Å²) in [5.41, 5.74) is 0.834. The van der Waals surface area contributed by atoms with Crippen molar-refractivity contribution >= 4 is 23.8 Å². The smallest absolute Gasteiger partial charge is 0.341 e. The molecule has 0 spiro atoms. The number of furan rings is 1. The molecule has 1 aromatic carbocycles. The Balaban J connectivity index is 1.53. The van der Waals surface area contributed by atoms with E-state index in [1.807, 2.05) is 0 Å². The molecule has 0 fully saturated rings. The van der Waals surface area contributed by atoms with E-state index in [4.69, 9.17) is 13.9 Å². The number of benzene rings is 1. The van der Waals surface area contributed by atoms with Crippen LogP contribution in [0.2, 0.25) is 0 Å². The second-order valence-corrected chi connectivity index (χ2v) is 5.70. The van der Waals surface area contributed by atoms with Crippen molar-refractivity contribution in [3.05, 3.63) is 59.0 Å². The lowest BCUT2D eigenvalue weighted by Crippen LogP contribution is -2.32. The first-order valence-corrected chi connectivity index (χ1v) is 8.37. The third-order valence-electron chi connectivity index (χ3n) is 4.02. The van der Waals surface area contributed by atoms with Crippen LogP contribution in [-0.4, -0.2) is 41.8 Å². The summed E-state index contributed by atoms with van der Waals surface area (Å²) in [6.07, 6.45) is 1.13. The van der Waals surface area contributed by atoms with Crippen molar-refractivity contribution in [2.45, 2.75) is 20.0 Å². The van der Waals surface area contributed by atoms with Crippen molar-refractivity contribution in [2.75, 3.05) is 13.2 Å². The van der Waals surface area contributed by atoms with Crippen molar-refractivity contribution < 1.29 is 33.1 Å². The highest BCUT2D eigenvalue weighted by molar-refractivity contribution is 6.21. The predicted molar refractivity (Wildman–Crippen MR) is 90.9 cm³/mol. The summed E-state index contributed by atoms with van der Waals surface area (Å²) in [4.78, 5) is 49.2. The summed E-state index contributed by atoms with van der Waals surface area (Å²) in [7, 11) is 0. The molecule has 0 saturated carbocycles. The minimum atomic E-state index is -0.627. The maximum atomic E-state index is 12.2. The van der Waals surface area contributed by atoms with Gasteiger partial charge in [-0.3, -0.25) is 19.3 Å². The van der Waals surface area contributed by atoms with Gasteiger partial charge in [0.1, 0.15) is 12.2 Å². The summed E-state index contributed by atoms with van der Waals surface area (Å²) in [6, 6.07) is 7.92. The zero-order valence-corrected chi connectivity index (χ0v) is 14.6. The summed E-state index contributed by atoms with van der Waals surface area (Å²) < 4.78 is 15.1. The van der Waals surface area contributed by atoms with Crippen LogP contribution in [0.3, 0.4) is 0 Å². The Hall–Kier alpha value is -3.42. The molecule has 3 rings (SSSR count). The van der Waals surface area contributed by atoms with Crippen molar-refractivity contribution in [3.63, 3.8) is 0 Å². The first kappa shape index (κ1) is 18.4. The lowest BCUT2D eigenvalue weighted by Gasteiger charge is -2.13. The fraction of sp³-hybridized carbons (Fsp3) is 0.263. The molecule has 0 unspecified atom stereocenters. The Morgan fingerprint density at radius 2 is 1.70 bits per heavy atom. The molecule has 0 saturated heterocycles. The van der Waals surface area contributed by atoms with E-state index < -0.39 is 23.8 Å². The Morgan fingerprint density at radius 3 is 2.33 bits per heavy atom. The number of rotatable bonds is 7. The Bertz CT molecular complexity index is 864. The monoisotopic (exact) mass is 371 g/mol. The zero-order chi connectivity index (χ0) is 19.4. The third kappa shape index (κ3) is 3.74. The molecule has 8 nitrogen and oxygen atoms in total.